The fourth-order valence-electron chi connectivity index (χ4n) is 3.09. The lowest BCUT2D eigenvalue weighted by molar-refractivity contribution is -0.136. The van der Waals surface area contributed by atoms with Crippen molar-refractivity contribution in [1.82, 2.24) is 0 Å². The maximum Gasteiger partial charge on any atom is 0.303 e. The number of fused-ring (bicyclic) bond motifs is 3. The van der Waals surface area contributed by atoms with Crippen molar-refractivity contribution in [2.75, 3.05) is 4.72 Å². The van der Waals surface area contributed by atoms with Gasteiger partial charge in [0.05, 0.1) is 4.90 Å². The first kappa shape index (κ1) is 18.1. The maximum absolute atomic E-state index is 12.7. The number of aryl methyl sites for hydroxylation is 1. The highest BCUT2D eigenvalue weighted by Gasteiger charge is 2.15. The number of nitrogens with one attached hydrogen (secondary N) is 1. The van der Waals surface area contributed by atoms with Gasteiger partial charge < -0.3 is 9.52 Å². The first-order chi connectivity index (χ1) is 13.4. The van der Waals surface area contributed by atoms with Gasteiger partial charge in [0.25, 0.3) is 10.0 Å². The number of aliphatic carboxylic acids is 1. The van der Waals surface area contributed by atoms with Gasteiger partial charge in [-0.2, -0.15) is 0 Å². The summed E-state index contributed by atoms with van der Waals surface area (Å²) < 4.78 is 33.7. The summed E-state index contributed by atoms with van der Waals surface area (Å²) in [5, 5.41) is 10.5. The number of rotatable bonds is 6. The molecule has 0 saturated heterocycles. The first-order valence-corrected chi connectivity index (χ1v) is 10.2. The SMILES string of the molecule is O=C(O)CCc1ccc(S(=O)(=O)Nc2ccc3oc4ccccc4c3c2)cc1. The fourth-order valence-corrected chi connectivity index (χ4v) is 4.14. The zero-order valence-electron chi connectivity index (χ0n) is 14.8. The minimum atomic E-state index is -3.76. The van der Waals surface area contributed by atoms with Crippen LogP contribution in [0, 0.1) is 0 Å². The molecule has 0 aliphatic heterocycles. The van der Waals surface area contributed by atoms with Crippen molar-refractivity contribution in [1.29, 1.82) is 0 Å². The van der Waals surface area contributed by atoms with E-state index in [1.807, 2.05) is 24.3 Å². The van der Waals surface area contributed by atoms with Crippen molar-refractivity contribution < 1.29 is 22.7 Å². The monoisotopic (exact) mass is 395 g/mol. The Hall–Kier alpha value is -3.32. The van der Waals surface area contributed by atoms with Crippen LogP contribution in [0.25, 0.3) is 21.9 Å². The van der Waals surface area contributed by atoms with E-state index >= 15 is 0 Å². The highest BCUT2D eigenvalue weighted by Crippen LogP contribution is 2.31. The Kier molecular flexibility index (Phi) is 4.52. The standard InChI is InChI=1S/C21H17NO5S/c23-21(24)12-7-14-5-9-16(10-6-14)28(25,26)22-15-8-11-20-18(13-15)17-3-1-2-4-19(17)27-20/h1-6,8-11,13,22H,7,12H2,(H,23,24). The van der Waals surface area contributed by atoms with Gasteiger partial charge in [-0.05, 0) is 48.4 Å². The van der Waals surface area contributed by atoms with Crippen molar-refractivity contribution in [3.05, 3.63) is 72.3 Å². The van der Waals surface area contributed by atoms with Gasteiger partial charge in [0.15, 0.2) is 0 Å². The van der Waals surface area contributed by atoms with E-state index in [0.29, 0.717) is 17.7 Å². The number of carboxylic acid groups (broad SMARTS) is 1. The number of furan rings is 1. The Morgan fingerprint density at radius 3 is 2.39 bits per heavy atom. The molecule has 0 spiro atoms. The van der Waals surface area contributed by atoms with E-state index in [4.69, 9.17) is 9.52 Å². The van der Waals surface area contributed by atoms with Gasteiger partial charge >= 0.3 is 5.97 Å². The van der Waals surface area contributed by atoms with Crippen LogP contribution in [0.1, 0.15) is 12.0 Å². The number of anilines is 1. The molecule has 0 atom stereocenters. The second-order valence-corrected chi connectivity index (χ2v) is 8.13. The van der Waals surface area contributed by atoms with Crippen LogP contribution >= 0.6 is 0 Å². The van der Waals surface area contributed by atoms with Crippen LogP contribution in [0.5, 0.6) is 0 Å². The predicted octanol–water partition coefficient (Wildman–Crippen LogP) is 4.40. The lowest BCUT2D eigenvalue weighted by Gasteiger charge is -2.09. The van der Waals surface area contributed by atoms with Gasteiger partial charge in [-0.3, -0.25) is 9.52 Å². The van der Waals surface area contributed by atoms with E-state index < -0.39 is 16.0 Å². The Morgan fingerprint density at radius 1 is 0.929 bits per heavy atom. The highest BCUT2D eigenvalue weighted by molar-refractivity contribution is 7.92. The molecule has 0 bridgehead atoms. The zero-order chi connectivity index (χ0) is 19.7. The van der Waals surface area contributed by atoms with Crippen LogP contribution in [-0.2, 0) is 21.2 Å². The third-order valence-corrected chi connectivity index (χ3v) is 5.89. The van der Waals surface area contributed by atoms with Gasteiger partial charge in [0, 0.05) is 22.9 Å². The number of hydrogen-bond acceptors (Lipinski definition) is 4. The first-order valence-electron chi connectivity index (χ1n) is 8.67. The fraction of sp³-hybridized carbons (Fsp3) is 0.0952. The molecule has 7 heteroatoms. The summed E-state index contributed by atoms with van der Waals surface area (Å²) in [4.78, 5) is 10.8. The molecule has 1 heterocycles. The number of carbonyl (C=O) groups is 1. The Labute approximate surface area is 161 Å². The lowest BCUT2D eigenvalue weighted by Crippen LogP contribution is -2.12. The number of benzene rings is 3. The summed E-state index contributed by atoms with van der Waals surface area (Å²) >= 11 is 0. The Morgan fingerprint density at radius 2 is 1.64 bits per heavy atom. The summed E-state index contributed by atoms with van der Waals surface area (Å²) in [6, 6.07) is 18.9. The molecule has 4 aromatic rings. The second-order valence-electron chi connectivity index (χ2n) is 6.45. The smallest absolute Gasteiger partial charge is 0.303 e. The third kappa shape index (κ3) is 3.57. The van der Waals surface area contributed by atoms with Crippen LogP contribution in [0.4, 0.5) is 5.69 Å². The molecule has 6 nitrogen and oxygen atoms in total. The molecule has 4 rings (SSSR count). The number of sulfonamides is 1. The quantitative estimate of drug-likeness (QED) is 0.504. The average Bonchev–Trinajstić information content (AvgIpc) is 3.04. The number of para-hydroxylation sites is 1. The molecule has 2 N–H and O–H groups in total. The molecule has 0 aliphatic rings. The lowest BCUT2D eigenvalue weighted by atomic mass is 10.1. The van der Waals surface area contributed by atoms with Crippen LogP contribution in [0.15, 0.2) is 76.0 Å². The summed E-state index contributed by atoms with van der Waals surface area (Å²) in [5.74, 6) is -0.888. The molecule has 0 aliphatic carbocycles. The molecule has 142 valence electrons. The number of hydrogen-bond donors (Lipinski definition) is 2. The minimum absolute atomic E-state index is 0.00299. The summed E-state index contributed by atoms with van der Waals surface area (Å²) in [6.45, 7) is 0. The molecule has 1 aromatic heterocycles. The van der Waals surface area contributed by atoms with Gasteiger partial charge in [0.1, 0.15) is 11.2 Å². The molecule has 0 saturated carbocycles. The number of carboxylic acids is 1. The summed E-state index contributed by atoms with van der Waals surface area (Å²) in [5.41, 5.74) is 2.64. The highest BCUT2D eigenvalue weighted by atomic mass is 32.2. The molecule has 0 radical (unpaired) electrons. The molecule has 3 aromatic carbocycles. The molecule has 0 fully saturated rings. The Balaban J connectivity index is 1.60. The topological polar surface area (TPSA) is 96.6 Å². The Bertz CT molecular complexity index is 1270. The van der Waals surface area contributed by atoms with Crippen molar-refractivity contribution in [3.8, 4) is 0 Å². The average molecular weight is 395 g/mol. The van der Waals surface area contributed by atoms with Crippen molar-refractivity contribution >= 4 is 43.6 Å². The minimum Gasteiger partial charge on any atom is -0.481 e. The second kappa shape index (κ2) is 7.01. The summed E-state index contributed by atoms with van der Waals surface area (Å²) in [6.07, 6.45) is 0.357. The molecular weight excluding hydrogens is 378 g/mol. The molecular formula is C21H17NO5S. The van der Waals surface area contributed by atoms with E-state index in [1.54, 1.807) is 30.3 Å². The van der Waals surface area contributed by atoms with Crippen LogP contribution in [-0.4, -0.2) is 19.5 Å². The predicted molar refractivity (Wildman–Crippen MR) is 107 cm³/mol. The largest absolute Gasteiger partial charge is 0.481 e. The molecule has 0 amide bonds. The summed E-state index contributed by atoms with van der Waals surface area (Å²) in [7, 11) is -3.76. The van der Waals surface area contributed by atoms with Crippen molar-refractivity contribution in [3.63, 3.8) is 0 Å². The van der Waals surface area contributed by atoms with Crippen LogP contribution < -0.4 is 4.72 Å². The van der Waals surface area contributed by atoms with Gasteiger partial charge in [-0.25, -0.2) is 8.42 Å². The van der Waals surface area contributed by atoms with E-state index in [0.717, 1.165) is 21.9 Å². The molecule has 0 unspecified atom stereocenters. The van der Waals surface area contributed by atoms with Gasteiger partial charge in [0.2, 0.25) is 0 Å². The van der Waals surface area contributed by atoms with E-state index in [9.17, 15) is 13.2 Å². The van der Waals surface area contributed by atoms with Gasteiger partial charge in [-0.1, -0.05) is 30.3 Å². The normalized spacial score (nSPS) is 11.7. The third-order valence-electron chi connectivity index (χ3n) is 4.49. The van der Waals surface area contributed by atoms with E-state index in [2.05, 4.69) is 4.72 Å². The zero-order valence-corrected chi connectivity index (χ0v) is 15.6. The van der Waals surface area contributed by atoms with Gasteiger partial charge in [-0.15, -0.1) is 0 Å². The molecule has 28 heavy (non-hydrogen) atoms. The van der Waals surface area contributed by atoms with Crippen molar-refractivity contribution in [2.24, 2.45) is 0 Å². The van der Waals surface area contributed by atoms with Crippen LogP contribution in [0.2, 0.25) is 0 Å². The van der Waals surface area contributed by atoms with Crippen LogP contribution in [0.3, 0.4) is 0 Å². The van der Waals surface area contributed by atoms with E-state index in [-0.39, 0.29) is 11.3 Å². The maximum atomic E-state index is 12.7. The van der Waals surface area contributed by atoms with E-state index in [1.165, 1.54) is 12.1 Å². The van der Waals surface area contributed by atoms with Crippen molar-refractivity contribution in [2.45, 2.75) is 17.7 Å².